The van der Waals surface area contributed by atoms with Gasteiger partial charge in [-0.1, -0.05) is 34.1 Å². The first-order valence-corrected chi connectivity index (χ1v) is 10.4. The number of thiophene rings is 1. The Morgan fingerprint density at radius 3 is 2.40 bits per heavy atom. The monoisotopic (exact) mass is 486 g/mol. The van der Waals surface area contributed by atoms with E-state index in [0.29, 0.717) is 17.1 Å². The fourth-order valence-corrected chi connectivity index (χ4v) is 4.00. The molecule has 0 atom stereocenters. The Morgan fingerprint density at radius 1 is 1.07 bits per heavy atom. The number of methoxy groups -OCH3 is 2. The van der Waals surface area contributed by atoms with E-state index in [1.807, 2.05) is 12.1 Å². The maximum Gasteiger partial charge on any atom is 0.249 e. The van der Waals surface area contributed by atoms with Crippen molar-refractivity contribution in [2.75, 3.05) is 19.5 Å². The number of halogens is 1. The van der Waals surface area contributed by atoms with Gasteiger partial charge in [-0.05, 0) is 41.5 Å². The molecule has 0 saturated heterocycles. The number of amides is 1. The molecule has 1 N–H and O–H groups in total. The smallest absolute Gasteiger partial charge is 0.249 e. The van der Waals surface area contributed by atoms with Crippen molar-refractivity contribution in [3.63, 3.8) is 0 Å². The van der Waals surface area contributed by atoms with Gasteiger partial charge in [-0.3, -0.25) is 4.79 Å². The van der Waals surface area contributed by atoms with Crippen molar-refractivity contribution >= 4 is 50.2 Å². The van der Waals surface area contributed by atoms with Gasteiger partial charge in [0.15, 0.2) is 11.5 Å². The van der Waals surface area contributed by atoms with Crippen LogP contribution in [0, 0.1) is 0 Å². The second-order valence-corrected chi connectivity index (χ2v) is 7.88. The van der Waals surface area contributed by atoms with Crippen LogP contribution < -0.4 is 19.9 Å². The number of carboxylic acid groups (broad SMARTS) is 1. The Bertz CT molecular complexity index is 1110. The molecule has 8 heteroatoms. The Hall–Kier alpha value is -3.10. The molecule has 30 heavy (non-hydrogen) atoms. The standard InChI is InChI=1S/C22H18BrNO5S/c1-28-17-9-3-13(11-18(17)29-2)4-10-19(25)24-21-20(22(26)27)16(12-30-21)14-5-7-15(23)8-6-14/h3-12H,1-2H3,(H,24,25)(H,26,27)/p-1/b10-4+. The number of carbonyl (C=O) groups is 2. The van der Waals surface area contributed by atoms with Crippen LogP contribution in [0.25, 0.3) is 17.2 Å². The van der Waals surface area contributed by atoms with Crippen LogP contribution in [0.1, 0.15) is 15.9 Å². The third kappa shape index (κ3) is 4.90. The number of carboxylic acids is 1. The maximum absolute atomic E-state index is 12.4. The van der Waals surface area contributed by atoms with E-state index in [0.717, 1.165) is 26.9 Å². The van der Waals surface area contributed by atoms with E-state index in [1.54, 1.807) is 48.9 Å². The molecular weight excluding hydrogens is 470 g/mol. The fraction of sp³-hybridized carbons (Fsp3) is 0.0909. The van der Waals surface area contributed by atoms with Crippen LogP contribution in [-0.2, 0) is 4.79 Å². The summed E-state index contributed by atoms with van der Waals surface area (Å²) in [6.45, 7) is 0. The number of anilines is 1. The zero-order valence-corrected chi connectivity index (χ0v) is 18.5. The molecule has 1 heterocycles. The lowest BCUT2D eigenvalue weighted by molar-refractivity contribution is -0.254. The van der Waals surface area contributed by atoms with Crippen molar-refractivity contribution in [3.8, 4) is 22.6 Å². The van der Waals surface area contributed by atoms with Crippen molar-refractivity contribution in [1.29, 1.82) is 0 Å². The summed E-state index contributed by atoms with van der Waals surface area (Å²) in [7, 11) is 3.07. The number of hydrogen-bond donors (Lipinski definition) is 1. The van der Waals surface area contributed by atoms with Crippen molar-refractivity contribution < 1.29 is 24.2 Å². The molecule has 0 unspecified atom stereocenters. The largest absolute Gasteiger partial charge is 0.545 e. The third-order valence-corrected chi connectivity index (χ3v) is 5.65. The second-order valence-electron chi connectivity index (χ2n) is 6.08. The summed E-state index contributed by atoms with van der Waals surface area (Å²) in [5.41, 5.74) is 1.89. The summed E-state index contributed by atoms with van der Waals surface area (Å²) >= 11 is 4.48. The Labute approximate surface area is 185 Å². The lowest BCUT2D eigenvalue weighted by atomic mass is 10.0. The molecule has 1 amide bonds. The average Bonchev–Trinajstić information content (AvgIpc) is 3.16. The molecule has 0 bridgehead atoms. The van der Waals surface area contributed by atoms with E-state index in [2.05, 4.69) is 21.2 Å². The molecule has 0 saturated carbocycles. The number of aromatic carboxylic acids is 1. The average molecular weight is 487 g/mol. The quantitative estimate of drug-likeness (QED) is 0.505. The third-order valence-electron chi connectivity index (χ3n) is 4.22. The molecule has 3 rings (SSSR count). The Balaban J connectivity index is 1.81. The predicted octanol–water partition coefficient (Wildman–Crippen LogP) is 4.21. The van der Waals surface area contributed by atoms with Crippen LogP contribution in [-0.4, -0.2) is 26.1 Å². The van der Waals surface area contributed by atoms with Crippen LogP contribution in [0.15, 0.2) is 58.4 Å². The van der Waals surface area contributed by atoms with Gasteiger partial charge < -0.3 is 24.7 Å². The molecule has 1 aromatic heterocycles. The summed E-state index contributed by atoms with van der Waals surface area (Å²) in [6.07, 6.45) is 2.92. The molecule has 0 aliphatic rings. The van der Waals surface area contributed by atoms with Crippen LogP contribution in [0.2, 0.25) is 0 Å². The van der Waals surface area contributed by atoms with Gasteiger partial charge in [0.25, 0.3) is 0 Å². The summed E-state index contributed by atoms with van der Waals surface area (Å²) in [4.78, 5) is 24.1. The molecular formula is C22H17BrNO5S-. The van der Waals surface area contributed by atoms with Gasteiger partial charge in [-0.2, -0.15) is 0 Å². The van der Waals surface area contributed by atoms with Crippen molar-refractivity contribution in [3.05, 3.63) is 69.5 Å². The molecule has 2 aromatic carbocycles. The number of hydrogen-bond acceptors (Lipinski definition) is 6. The number of carbonyl (C=O) groups excluding carboxylic acids is 2. The minimum absolute atomic E-state index is 0.0461. The summed E-state index contributed by atoms with van der Waals surface area (Å²) in [5.74, 6) is -0.696. The molecule has 0 aliphatic carbocycles. The van der Waals surface area contributed by atoms with Crippen molar-refractivity contribution in [1.82, 2.24) is 0 Å². The Kier molecular flexibility index (Phi) is 6.91. The van der Waals surface area contributed by atoms with Gasteiger partial charge in [0.05, 0.1) is 20.2 Å². The number of nitrogens with one attached hydrogen (secondary N) is 1. The zero-order valence-electron chi connectivity index (χ0n) is 16.1. The van der Waals surface area contributed by atoms with E-state index >= 15 is 0 Å². The van der Waals surface area contributed by atoms with Gasteiger partial charge in [-0.15, -0.1) is 11.3 Å². The topological polar surface area (TPSA) is 87.7 Å². The zero-order chi connectivity index (χ0) is 21.7. The lowest BCUT2D eigenvalue weighted by Crippen LogP contribution is -2.24. The van der Waals surface area contributed by atoms with Gasteiger partial charge in [0, 0.05) is 27.1 Å². The highest BCUT2D eigenvalue weighted by Crippen LogP contribution is 2.35. The minimum atomic E-state index is -1.35. The van der Waals surface area contributed by atoms with Gasteiger partial charge in [0.2, 0.25) is 5.91 Å². The van der Waals surface area contributed by atoms with Crippen LogP contribution in [0.5, 0.6) is 11.5 Å². The van der Waals surface area contributed by atoms with E-state index < -0.39 is 11.9 Å². The molecule has 0 spiro atoms. The number of rotatable bonds is 7. The molecule has 0 fully saturated rings. The van der Waals surface area contributed by atoms with Crippen molar-refractivity contribution in [2.24, 2.45) is 0 Å². The molecule has 154 valence electrons. The van der Waals surface area contributed by atoms with Crippen LogP contribution in [0.4, 0.5) is 5.00 Å². The first-order chi connectivity index (χ1) is 14.4. The predicted molar refractivity (Wildman–Crippen MR) is 119 cm³/mol. The molecule has 0 radical (unpaired) electrons. The van der Waals surface area contributed by atoms with Crippen LogP contribution in [0.3, 0.4) is 0 Å². The van der Waals surface area contributed by atoms with E-state index in [1.165, 1.54) is 13.2 Å². The SMILES string of the molecule is COc1ccc(/C=C/C(=O)Nc2scc(-c3ccc(Br)cc3)c2C(=O)[O-])cc1OC. The van der Waals surface area contributed by atoms with E-state index in [4.69, 9.17) is 9.47 Å². The molecule has 6 nitrogen and oxygen atoms in total. The summed E-state index contributed by atoms with van der Waals surface area (Å²) < 4.78 is 11.3. The minimum Gasteiger partial charge on any atom is -0.545 e. The van der Waals surface area contributed by atoms with E-state index in [-0.39, 0.29) is 10.6 Å². The second kappa shape index (κ2) is 9.60. The molecule has 3 aromatic rings. The first-order valence-electron chi connectivity index (χ1n) is 8.72. The van der Waals surface area contributed by atoms with Gasteiger partial charge in [-0.25, -0.2) is 0 Å². The molecule has 0 aliphatic heterocycles. The summed E-state index contributed by atoms with van der Waals surface area (Å²) in [5, 5.41) is 16.2. The van der Waals surface area contributed by atoms with Gasteiger partial charge in [0.1, 0.15) is 5.00 Å². The highest BCUT2D eigenvalue weighted by molar-refractivity contribution is 9.10. The number of benzene rings is 2. The van der Waals surface area contributed by atoms with Gasteiger partial charge >= 0.3 is 0 Å². The Morgan fingerprint density at radius 2 is 1.77 bits per heavy atom. The van der Waals surface area contributed by atoms with Crippen molar-refractivity contribution in [2.45, 2.75) is 0 Å². The normalized spacial score (nSPS) is 10.8. The first kappa shape index (κ1) is 21.6. The number of ether oxygens (including phenoxy) is 2. The fourth-order valence-electron chi connectivity index (χ4n) is 2.78. The van der Waals surface area contributed by atoms with E-state index in [9.17, 15) is 14.7 Å². The van der Waals surface area contributed by atoms with Crippen LogP contribution >= 0.6 is 27.3 Å². The lowest BCUT2D eigenvalue weighted by Gasteiger charge is -2.09. The summed E-state index contributed by atoms with van der Waals surface area (Å²) in [6, 6.07) is 12.4. The maximum atomic E-state index is 12.4. The highest BCUT2D eigenvalue weighted by Gasteiger charge is 2.16. The highest BCUT2D eigenvalue weighted by atomic mass is 79.9.